The number of nitrogens with one attached hydrogen (secondary N) is 1. The number of carbonyl (C=O) groups excluding carboxylic acids is 1. The molecule has 0 fully saturated rings. The first-order valence-electron chi connectivity index (χ1n) is 6.51. The van der Waals surface area contributed by atoms with Gasteiger partial charge in [-0.3, -0.25) is 4.79 Å². The van der Waals surface area contributed by atoms with Crippen LogP contribution in [-0.2, 0) is 4.79 Å². The zero-order chi connectivity index (χ0) is 14.8. The number of rotatable bonds is 2. The molecule has 0 bridgehead atoms. The number of carbonyl (C=O) groups is 1. The van der Waals surface area contributed by atoms with Crippen LogP contribution in [0.15, 0.2) is 53.6 Å². The molecular weight excluding hydrogens is 274 g/mol. The molecule has 0 spiro atoms. The highest BCUT2D eigenvalue weighted by molar-refractivity contribution is 6.06. The van der Waals surface area contributed by atoms with Crippen LogP contribution in [0.5, 0.6) is 0 Å². The van der Waals surface area contributed by atoms with Gasteiger partial charge in [0.05, 0.1) is 11.6 Å². The van der Waals surface area contributed by atoms with Crippen LogP contribution in [0, 0.1) is 11.6 Å². The van der Waals surface area contributed by atoms with Gasteiger partial charge in [-0.25, -0.2) is 14.2 Å². The van der Waals surface area contributed by atoms with Gasteiger partial charge >= 0.3 is 0 Å². The van der Waals surface area contributed by atoms with Crippen molar-refractivity contribution < 1.29 is 13.6 Å². The van der Waals surface area contributed by atoms with Crippen molar-refractivity contribution in [3.8, 4) is 0 Å². The number of hydrogen-bond donors (Lipinski definition) is 1. The van der Waals surface area contributed by atoms with Gasteiger partial charge in [0.2, 0.25) is 5.91 Å². The summed E-state index contributed by atoms with van der Waals surface area (Å²) in [5.74, 6) is -1.33. The smallest absolute Gasteiger partial charge is 0.248 e. The second-order valence-electron chi connectivity index (χ2n) is 4.85. The molecule has 0 saturated carbocycles. The lowest BCUT2D eigenvalue weighted by Gasteiger charge is -2.21. The topological polar surface area (TPSA) is 41.5 Å². The Bertz CT molecular complexity index is 693. The standard InChI is InChI=1S/C16H12F2N2O/c17-12-5-1-10(2-6-12)14-9-15(19-20-16(14)21)11-3-7-13(18)8-4-11/h1-8,14H,9H2,(H,20,21). The maximum Gasteiger partial charge on any atom is 0.248 e. The molecule has 3 nitrogen and oxygen atoms in total. The second kappa shape index (κ2) is 5.44. The summed E-state index contributed by atoms with van der Waals surface area (Å²) in [6.45, 7) is 0. The van der Waals surface area contributed by atoms with Gasteiger partial charge < -0.3 is 0 Å². The number of benzene rings is 2. The largest absolute Gasteiger partial charge is 0.272 e. The number of halogens is 2. The number of amides is 1. The molecule has 2 aromatic rings. The Morgan fingerprint density at radius 1 is 0.952 bits per heavy atom. The molecule has 0 radical (unpaired) electrons. The fraction of sp³-hybridized carbons (Fsp3) is 0.125. The van der Waals surface area contributed by atoms with Gasteiger partial charge in [0.15, 0.2) is 0 Å². The summed E-state index contributed by atoms with van der Waals surface area (Å²) in [6, 6.07) is 11.8. The van der Waals surface area contributed by atoms with Gasteiger partial charge in [-0.15, -0.1) is 0 Å². The van der Waals surface area contributed by atoms with Gasteiger partial charge in [-0.2, -0.15) is 5.10 Å². The SMILES string of the molecule is O=C1NN=C(c2ccc(F)cc2)CC1c1ccc(F)cc1. The van der Waals surface area contributed by atoms with E-state index in [4.69, 9.17) is 0 Å². The third kappa shape index (κ3) is 2.81. The molecule has 1 aliphatic heterocycles. The normalized spacial score (nSPS) is 18.1. The highest BCUT2D eigenvalue weighted by atomic mass is 19.1. The number of hydrogen-bond acceptors (Lipinski definition) is 2. The van der Waals surface area contributed by atoms with Crippen molar-refractivity contribution in [2.75, 3.05) is 0 Å². The van der Waals surface area contributed by atoms with E-state index in [0.717, 1.165) is 11.1 Å². The van der Waals surface area contributed by atoms with Crippen molar-refractivity contribution >= 4 is 11.6 Å². The summed E-state index contributed by atoms with van der Waals surface area (Å²) in [7, 11) is 0. The van der Waals surface area contributed by atoms with Gasteiger partial charge in [-0.1, -0.05) is 24.3 Å². The van der Waals surface area contributed by atoms with Crippen molar-refractivity contribution in [2.24, 2.45) is 5.10 Å². The Morgan fingerprint density at radius 3 is 2.14 bits per heavy atom. The minimum absolute atomic E-state index is 0.229. The van der Waals surface area contributed by atoms with Gasteiger partial charge in [0.25, 0.3) is 0 Å². The van der Waals surface area contributed by atoms with E-state index in [2.05, 4.69) is 10.5 Å². The summed E-state index contributed by atoms with van der Waals surface area (Å²) in [4.78, 5) is 11.9. The van der Waals surface area contributed by atoms with Crippen LogP contribution in [-0.4, -0.2) is 11.6 Å². The molecule has 1 atom stereocenters. The fourth-order valence-electron chi connectivity index (χ4n) is 2.32. The molecule has 0 aliphatic carbocycles. The molecule has 5 heteroatoms. The Hall–Kier alpha value is -2.56. The van der Waals surface area contributed by atoms with Crippen LogP contribution in [0.2, 0.25) is 0 Å². The predicted octanol–water partition coefficient (Wildman–Crippen LogP) is 2.97. The Morgan fingerprint density at radius 2 is 1.52 bits per heavy atom. The molecule has 3 rings (SSSR count). The fourth-order valence-corrected chi connectivity index (χ4v) is 2.32. The van der Waals surface area contributed by atoms with Crippen LogP contribution >= 0.6 is 0 Å². The summed E-state index contributed by atoms with van der Waals surface area (Å²) in [5.41, 5.74) is 4.62. The Labute approximate surface area is 120 Å². The van der Waals surface area contributed by atoms with Crippen molar-refractivity contribution in [1.29, 1.82) is 0 Å². The van der Waals surface area contributed by atoms with Crippen LogP contribution in [0.3, 0.4) is 0 Å². The van der Waals surface area contributed by atoms with Crippen LogP contribution in [0.1, 0.15) is 23.5 Å². The average Bonchev–Trinajstić information content (AvgIpc) is 2.50. The maximum absolute atomic E-state index is 13.0. The van der Waals surface area contributed by atoms with Crippen molar-refractivity contribution in [1.82, 2.24) is 5.43 Å². The predicted molar refractivity (Wildman–Crippen MR) is 74.8 cm³/mol. The van der Waals surface area contributed by atoms with Crippen LogP contribution < -0.4 is 5.43 Å². The molecule has 1 N–H and O–H groups in total. The summed E-state index contributed by atoms with van der Waals surface area (Å²) in [6.07, 6.45) is 0.392. The van der Waals surface area contributed by atoms with E-state index in [0.29, 0.717) is 12.1 Å². The lowest BCUT2D eigenvalue weighted by atomic mass is 9.89. The molecule has 106 valence electrons. The molecule has 1 unspecified atom stereocenters. The molecule has 21 heavy (non-hydrogen) atoms. The monoisotopic (exact) mass is 286 g/mol. The minimum Gasteiger partial charge on any atom is -0.272 e. The Kier molecular flexibility index (Phi) is 3.48. The highest BCUT2D eigenvalue weighted by Crippen LogP contribution is 2.25. The molecular formula is C16H12F2N2O. The van der Waals surface area contributed by atoms with E-state index in [1.54, 1.807) is 24.3 Å². The van der Waals surface area contributed by atoms with E-state index < -0.39 is 5.92 Å². The first kappa shape index (κ1) is 13.4. The lowest BCUT2D eigenvalue weighted by molar-refractivity contribution is -0.122. The highest BCUT2D eigenvalue weighted by Gasteiger charge is 2.27. The first-order valence-corrected chi connectivity index (χ1v) is 6.51. The lowest BCUT2D eigenvalue weighted by Crippen LogP contribution is -2.33. The van der Waals surface area contributed by atoms with Crippen LogP contribution in [0.25, 0.3) is 0 Å². The zero-order valence-corrected chi connectivity index (χ0v) is 11.0. The van der Waals surface area contributed by atoms with Gasteiger partial charge in [-0.05, 0) is 35.4 Å². The summed E-state index contributed by atoms with van der Waals surface area (Å²) < 4.78 is 25.9. The molecule has 1 amide bonds. The van der Waals surface area contributed by atoms with Crippen molar-refractivity contribution in [3.05, 3.63) is 71.3 Å². The van der Waals surface area contributed by atoms with Crippen molar-refractivity contribution in [2.45, 2.75) is 12.3 Å². The Balaban J connectivity index is 1.88. The average molecular weight is 286 g/mol. The third-order valence-electron chi connectivity index (χ3n) is 3.46. The first-order chi connectivity index (χ1) is 10.1. The quantitative estimate of drug-likeness (QED) is 0.906. The van der Waals surface area contributed by atoms with Gasteiger partial charge in [0, 0.05) is 6.42 Å². The number of nitrogens with zero attached hydrogens (tertiary/aromatic N) is 1. The summed E-state index contributed by atoms with van der Waals surface area (Å²) in [5, 5.41) is 4.02. The van der Waals surface area contributed by atoms with Gasteiger partial charge in [0.1, 0.15) is 11.6 Å². The van der Waals surface area contributed by atoms with E-state index in [1.807, 2.05) is 0 Å². The van der Waals surface area contributed by atoms with E-state index >= 15 is 0 Å². The van der Waals surface area contributed by atoms with E-state index in [9.17, 15) is 13.6 Å². The zero-order valence-electron chi connectivity index (χ0n) is 11.0. The number of hydrazone groups is 1. The molecule has 1 heterocycles. The molecule has 0 saturated heterocycles. The molecule has 0 aromatic heterocycles. The molecule has 2 aromatic carbocycles. The van der Waals surface area contributed by atoms with Crippen LogP contribution in [0.4, 0.5) is 8.78 Å². The molecule has 1 aliphatic rings. The minimum atomic E-state index is -0.428. The van der Waals surface area contributed by atoms with E-state index in [-0.39, 0.29) is 17.5 Å². The third-order valence-corrected chi connectivity index (χ3v) is 3.46. The summed E-state index contributed by atoms with van der Waals surface area (Å²) >= 11 is 0. The maximum atomic E-state index is 13.0. The second-order valence-corrected chi connectivity index (χ2v) is 4.85. The van der Waals surface area contributed by atoms with E-state index in [1.165, 1.54) is 24.3 Å². The van der Waals surface area contributed by atoms with Crippen molar-refractivity contribution in [3.63, 3.8) is 0 Å².